The summed E-state index contributed by atoms with van der Waals surface area (Å²) in [5, 5.41) is 12.1. The highest BCUT2D eigenvalue weighted by Gasteiger charge is 2.11. The SMILES string of the molecule is CC(=O)NC(=Cc1ccccc1OCc1cccc(Cl)c1)C(=O)O. The molecule has 2 aromatic rings. The van der Waals surface area contributed by atoms with Crippen LogP contribution in [0.3, 0.4) is 0 Å². The number of hydrogen-bond donors (Lipinski definition) is 2. The van der Waals surface area contributed by atoms with Crippen molar-refractivity contribution in [2.24, 2.45) is 0 Å². The number of para-hydroxylation sites is 1. The third kappa shape index (κ3) is 5.14. The molecule has 0 saturated carbocycles. The summed E-state index contributed by atoms with van der Waals surface area (Å²) in [6.07, 6.45) is 1.36. The van der Waals surface area contributed by atoms with Gasteiger partial charge < -0.3 is 15.2 Å². The van der Waals surface area contributed by atoms with Gasteiger partial charge in [-0.1, -0.05) is 41.9 Å². The van der Waals surface area contributed by atoms with E-state index in [1.807, 2.05) is 12.1 Å². The molecule has 0 radical (unpaired) electrons. The molecule has 1 amide bonds. The number of nitrogens with one attached hydrogen (secondary N) is 1. The zero-order valence-corrected chi connectivity index (χ0v) is 13.7. The molecular weight excluding hydrogens is 330 g/mol. The minimum Gasteiger partial charge on any atom is -0.488 e. The minimum atomic E-state index is -1.23. The lowest BCUT2D eigenvalue weighted by Gasteiger charge is -2.10. The van der Waals surface area contributed by atoms with Gasteiger partial charge in [-0.25, -0.2) is 4.79 Å². The molecule has 0 heterocycles. The van der Waals surface area contributed by atoms with Crippen LogP contribution in [0.2, 0.25) is 5.02 Å². The number of aliphatic carboxylic acids is 1. The zero-order valence-electron chi connectivity index (χ0n) is 13.0. The largest absolute Gasteiger partial charge is 0.488 e. The van der Waals surface area contributed by atoms with Gasteiger partial charge in [0.25, 0.3) is 0 Å². The van der Waals surface area contributed by atoms with E-state index in [1.165, 1.54) is 13.0 Å². The number of halogens is 1. The first-order valence-corrected chi connectivity index (χ1v) is 7.52. The molecule has 0 aliphatic carbocycles. The van der Waals surface area contributed by atoms with Crippen LogP contribution in [-0.2, 0) is 16.2 Å². The third-order valence-electron chi connectivity index (χ3n) is 3.04. The molecule has 0 aromatic heterocycles. The number of amides is 1. The van der Waals surface area contributed by atoms with Gasteiger partial charge in [-0.15, -0.1) is 0 Å². The van der Waals surface area contributed by atoms with Gasteiger partial charge in [0.15, 0.2) is 0 Å². The van der Waals surface area contributed by atoms with E-state index in [0.717, 1.165) is 5.56 Å². The molecule has 0 spiro atoms. The van der Waals surface area contributed by atoms with Crippen LogP contribution in [0.4, 0.5) is 0 Å². The Labute approximate surface area is 144 Å². The average Bonchev–Trinajstić information content (AvgIpc) is 2.53. The van der Waals surface area contributed by atoms with Gasteiger partial charge in [0.05, 0.1) is 0 Å². The Morgan fingerprint density at radius 3 is 2.62 bits per heavy atom. The molecule has 0 saturated heterocycles. The highest BCUT2D eigenvalue weighted by molar-refractivity contribution is 6.30. The first-order chi connectivity index (χ1) is 11.5. The molecular formula is C18H16ClNO4. The van der Waals surface area contributed by atoms with Crippen molar-refractivity contribution in [1.29, 1.82) is 0 Å². The Kier molecular flexibility index (Phi) is 5.98. The first kappa shape index (κ1) is 17.6. The molecule has 2 N–H and O–H groups in total. The summed E-state index contributed by atoms with van der Waals surface area (Å²) in [5.74, 6) is -1.18. The summed E-state index contributed by atoms with van der Waals surface area (Å²) >= 11 is 5.94. The molecule has 2 aromatic carbocycles. The second-order valence-electron chi connectivity index (χ2n) is 5.00. The molecule has 0 aliphatic rings. The number of carboxylic acids is 1. The van der Waals surface area contributed by atoms with E-state index in [2.05, 4.69) is 5.32 Å². The second kappa shape index (κ2) is 8.17. The smallest absolute Gasteiger partial charge is 0.352 e. The summed E-state index contributed by atoms with van der Waals surface area (Å²) in [6.45, 7) is 1.53. The summed E-state index contributed by atoms with van der Waals surface area (Å²) < 4.78 is 5.75. The number of rotatable bonds is 6. The summed E-state index contributed by atoms with van der Waals surface area (Å²) in [5.41, 5.74) is 1.22. The predicted octanol–water partition coefficient (Wildman–Crippen LogP) is 3.48. The van der Waals surface area contributed by atoms with Crippen LogP contribution >= 0.6 is 11.6 Å². The van der Waals surface area contributed by atoms with Gasteiger partial charge in [-0.3, -0.25) is 4.79 Å². The molecule has 6 heteroatoms. The quantitative estimate of drug-likeness (QED) is 0.786. The van der Waals surface area contributed by atoms with E-state index in [0.29, 0.717) is 16.3 Å². The van der Waals surface area contributed by atoms with Crippen molar-refractivity contribution < 1.29 is 19.4 Å². The van der Waals surface area contributed by atoms with E-state index >= 15 is 0 Å². The van der Waals surface area contributed by atoms with Crippen LogP contribution in [0, 0.1) is 0 Å². The van der Waals surface area contributed by atoms with E-state index in [1.54, 1.807) is 36.4 Å². The summed E-state index contributed by atoms with van der Waals surface area (Å²) in [6, 6.07) is 14.2. The molecule has 0 bridgehead atoms. The number of benzene rings is 2. The molecule has 0 aliphatic heterocycles. The first-order valence-electron chi connectivity index (χ1n) is 7.14. The van der Waals surface area contributed by atoms with E-state index in [4.69, 9.17) is 16.3 Å². The lowest BCUT2D eigenvalue weighted by molar-refractivity contribution is -0.134. The summed E-state index contributed by atoms with van der Waals surface area (Å²) in [4.78, 5) is 22.3. The van der Waals surface area contributed by atoms with Gasteiger partial charge >= 0.3 is 5.97 Å². The number of carboxylic acid groups (broad SMARTS) is 1. The number of carbonyl (C=O) groups is 2. The molecule has 124 valence electrons. The Balaban J connectivity index is 2.23. The number of carbonyl (C=O) groups excluding carboxylic acids is 1. The summed E-state index contributed by atoms with van der Waals surface area (Å²) in [7, 11) is 0. The molecule has 24 heavy (non-hydrogen) atoms. The Hall–Kier alpha value is -2.79. The fraction of sp³-hybridized carbons (Fsp3) is 0.111. The Morgan fingerprint density at radius 2 is 1.96 bits per heavy atom. The molecule has 0 atom stereocenters. The standard InChI is InChI=1S/C18H16ClNO4/c1-12(21)20-16(18(22)23)10-14-6-2-3-8-17(14)24-11-13-5-4-7-15(19)9-13/h2-10H,11H2,1H3,(H,20,21)(H,22,23). The van der Waals surface area contributed by atoms with Crippen molar-refractivity contribution in [2.75, 3.05) is 0 Å². The fourth-order valence-corrected chi connectivity index (χ4v) is 2.23. The minimum absolute atomic E-state index is 0.221. The van der Waals surface area contributed by atoms with E-state index < -0.39 is 11.9 Å². The van der Waals surface area contributed by atoms with Gasteiger partial charge in [-0.2, -0.15) is 0 Å². The van der Waals surface area contributed by atoms with Crippen molar-refractivity contribution in [3.8, 4) is 5.75 Å². The maximum atomic E-state index is 11.2. The van der Waals surface area contributed by atoms with Gasteiger partial charge in [0.2, 0.25) is 5.91 Å². The van der Waals surface area contributed by atoms with Crippen molar-refractivity contribution in [3.05, 3.63) is 70.4 Å². The highest BCUT2D eigenvalue weighted by Crippen LogP contribution is 2.22. The van der Waals surface area contributed by atoms with Gasteiger partial charge in [0, 0.05) is 17.5 Å². The van der Waals surface area contributed by atoms with Crippen LogP contribution < -0.4 is 10.1 Å². The van der Waals surface area contributed by atoms with Crippen molar-refractivity contribution in [1.82, 2.24) is 5.32 Å². The van der Waals surface area contributed by atoms with Gasteiger partial charge in [-0.05, 0) is 29.8 Å². The number of hydrogen-bond acceptors (Lipinski definition) is 3. The average molecular weight is 346 g/mol. The lowest BCUT2D eigenvalue weighted by atomic mass is 10.1. The van der Waals surface area contributed by atoms with E-state index in [-0.39, 0.29) is 12.3 Å². The third-order valence-corrected chi connectivity index (χ3v) is 3.28. The molecule has 5 nitrogen and oxygen atoms in total. The fourth-order valence-electron chi connectivity index (χ4n) is 2.02. The lowest BCUT2D eigenvalue weighted by Crippen LogP contribution is -2.24. The Bertz CT molecular complexity index is 786. The van der Waals surface area contributed by atoms with Crippen LogP contribution in [0.25, 0.3) is 6.08 Å². The van der Waals surface area contributed by atoms with Crippen LogP contribution in [0.15, 0.2) is 54.2 Å². The maximum absolute atomic E-state index is 11.2. The van der Waals surface area contributed by atoms with Crippen LogP contribution in [-0.4, -0.2) is 17.0 Å². The maximum Gasteiger partial charge on any atom is 0.352 e. The van der Waals surface area contributed by atoms with Crippen LogP contribution in [0.5, 0.6) is 5.75 Å². The number of ether oxygens (including phenoxy) is 1. The highest BCUT2D eigenvalue weighted by atomic mass is 35.5. The van der Waals surface area contributed by atoms with Gasteiger partial charge in [0.1, 0.15) is 18.1 Å². The van der Waals surface area contributed by atoms with Crippen molar-refractivity contribution >= 4 is 29.6 Å². The topological polar surface area (TPSA) is 75.6 Å². The van der Waals surface area contributed by atoms with E-state index in [9.17, 15) is 14.7 Å². The second-order valence-corrected chi connectivity index (χ2v) is 5.44. The van der Waals surface area contributed by atoms with Crippen molar-refractivity contribution in [3.63, 3.8) is 0 Å². The molecule has 2 rings (SSSR count). The molecule has 0 unspecified atom stereocenters. The van der Waals surface area contributed by atoms with Crippen LogP contribution in [0.1, 0.15) is 18.1 Å². The normalized spacial score (nSPS) is 11.0. The predicted molar refractivity (Wildman–Crippen MR) is 91.7 cm³/mol. The Morgan fingerprint density at radius 1 is 1.21 bits per heavy atom. The van der Waals surface area contributed by atoms with Crippen molar-refractivity contribution in [2.45, 2.75) is 13.5 Å². The molecule has 0 fully saturated rings. The monoisotopic (exact) mass is 345 g/mol. The zero-order chi connectivity index (χ0) is 17.5.